The molecule has 0 atom stereocenters. The largest absolute Gasteiger partial charge is 0.356 e. The summed E-state index contributed by atoms with van der Waals surface area (Å²) in [5, 5.41) is 2.95. The molecule has 1 saturated heterocycles. The first-order chi connectivity index (χ1) is 10.8. The minimum Gasteiger partial charge on any atom is -0.356 e. The number of piperidine rings is 1. The van der Waals surface area contributed by atoms with Gasteiger partial charge in [0.2, 0.25) is 5.91 Å². The van der Waals surface area contributed by atoms with Gasteiger partial charge in [-0.1, -0.05) is 25.4 Å². The third-order valence-electron chi connectivity index (χ3n) is 3.99. The molecule has 0 spiro atoms. The van der Waals surface area contributed by atoms with Crippen LogP contribution in [0.2, 0.25) is 4.34 Å². The summed E-state index contributed by atoms with van der Waals surface area (Å²) in [6, 6.07) is 3.13. The molecule has 1 aromatic rings. The highest BCUT2D eigenvalue weighted by atomic mass is 35.5. The van der Waals surface area contributed by atoms with E-state index in [-0.39, 0.29) is 16.0 Å². The van der Waals surface area contributed by atoms with E-state index in [1.807, 2.05) is 0 Å². The van der Waals surface area contributed by atoms with Crippen LogP contribution in [0.5, 0.6) is 0 Å². The Morgan fingerprint density at radius 1 is 1.39 bits per heavy atom. The zero-order valence-electron chi connectivity index (χ0n) is 13.4. The van der Waals surface area contributed by atoms with Gasteiger partial charge in [-0.05, 0) is 37.3 Å². The van der Waals surface area contributed by atoms with Gasteiger partial charge in [0.05, 0.1) is 4.34 Å². The average molecular weight is 379 g/mol. The Kier molecular flexibility index (Phi) is 6.48. The summed E-state index contributed by atoms with van der Waals surface area (Å²) >= 11 is 6.89. The zero-order valence-corrected chi connectivity index (χ0v) is 15.8. The monoisotopic (exact) mass is 378 g/mol. The number of amides is 1. The quantitative estimate of drug-likeness (QED) is 0.827. The molecule has 1 N–H and O–H groups in total. The summed E-state index contributed by atoms with van der Waals surface area (Å²) in [4.78, 5) is 12.1. The Morgan fingerprint density at radius 3 is 2.57 bits per heavy atom. The van der Waals surface area contributed by atoms with E-state index < -0.39 is 10.0 Å². The molecule has 0 saturated carbocycles. The Bertz CT molecular complexity index is 635. The van der Waals surface area contributed by atoms with Gasteiger partial charge in [0.1, 0.15) is 4.21 Å². The van der Waals surface area contributed by atoms with Crippen molar-refractivity contribution in [2.24, 2.45) is 11.8 Å². The minimum absolute atomic E-state index is 0.0434. The molecule has 2 rings (SSSR count). The van der Waals surface area contributed by atoms with Crippen LogP contribution in [0.3, 0.4) is 0 Å². The summed E-state index contributed by atoms with van der Waals surface area (Å²) in [6.07, 6.45) is 2.08. The van der Waals surface area contributed by atoms with Gasteiger partial charge >= 0.3 is 0 Å². The predicted octanol–water partition coefficient (Wildman–Crippen LogP) is 2.96. The van der Waals surface area contributed by atoms with Crippen LogP contribution >= 0.6 is 22.9 Å². The van der Waals surface area contributed by atoms with Crippen LogP contribution in [0, 0.1) is 11.8 Å². The lowest BCUT2D eigenvalue weighted by molar-refractivity contribution is -0.126. The van der Waals surface area contributed by atoms with Crippen molar-refractivity contribution in [2.75, 3.05) is 19.6 Å². The summed E-state index contributed by atoms with van der Waals surface area (Å²) < 4.78 is 27.2. The van der Waals surface area contributed by atoms with Crippen molar-refractivity contribution in [1.82, 2.24) is 9.62 Å². The lowest BCUT2D eigenvalue weighted by atomic mass is 9.97. The molecule has 1 aromatic heterocycles. The number of nitrogens with zero attached hydrogens (tertiary/aromatic N) is 1. The first-order valence-electron chi connectivity index (χ1n) is 7.84. The van der Waals surface area contributed by atoms with E-state index in [1.54, 1.807) is 6.07 Å². The Hall–Kier alpha value is -0.630. The highest BCUT2D eigenvalue weighted by Crippen LogP contribution is 2.30. The van der Waals surface area contributed by atoms with Gasteiger partial charge in [-0.2, -0.15) is 4.31 Å². The highest BCUT2D eigenvalue weighted by molar-refractivity contribution is 7.91. The maximum atomic E-state index is 12.5. The van der Waals surface area contributed by atoms with Crippen LogP contribution in [0.25, 0.3) is 0 Å². The van der Waals surface area contributed by atoms with Gasteiger partial charge in [-0.25, -0.2) is 8.42 Å². The summed E-state index contributed by atoms with van der Waals surface area (Å²) in [5.41, 5.74) is 0. The van der Waals surface area contributed by atoms with E-state index in [0.29, 0.717) is 42.7 Å². The first-order valence-corrected chi connectivity index (χ1v) is 10.5. The van der Waals surface area contributed by atoms with Crippen molar-refractivity contribution in [1.29, 1.82) is 0 Å². The number of nitrogens with one attached hydrogen (secondary N) is 1. The second kappa shape index (κ2) is 7.96. The molecule has 2 heterocycles. The molecular formula is C15H23ClN2O3S2. The molecule has 0 bridgehead atoms. The van der Waals surface area contributed by atoms with Crippen molar-refractivity contribution in [3.63, 3.8) is 0 Å². The normalized spacial score (nSPS) is 17.6. The number of rotatable bonds is 6. The van der Waals surface area contributed by atoms with Crippen molar-refractivity contribution >= 4 is 38.9 Å². The summed E-state index contributed by atoms with van der Waals surface area (Å²) in [7, 11) is -3.48. The van der Waals surface area contributed by atoms with E-state index in [9.17, 15) is 13.2 Å². The number of thiophene rings is 1. The number of hydrogen-bond acceptors (Lipinski definition) is 4. The van der Waals surface area contributed by atoms with Crippen LogP contribution in [0.1, 0.15) is 33.1 Å². The van der Waals surface area contributed by atoms with Gasteiger partial charge in [-0.3, -0.25) is 4.79 Å². The third kappa shape index (κ3) is 4.92. The van der Waals surface area contributed by atoms with Crippen LogP contribution in [-0.4, -0.2) is 38.3 Å². The highest BCUT2D eigenvalue weighted by Gasteiger charge is 2.32. The number of sulfonamides is 1. The second-order valence-electron chi connectivity index (χ2n) is 6.21. The molecule has 0 radical (unpaired) electrons. The molecule has 1 amide bonds. The van der Waals surface area contributed by atoms with E-state index in [2.05, 4.69) is 19.2 Å². The summed E-state index contributed by atoms with van der Waals surface area (Å²) in [5.74, 6) is 0.502. The van der Waals surface area contributed by atoms with Gasteiger partial charge in [0.25, 0.3) is 10.0 Å². The smallest absolute Gasteiger partial charge is 0.252 e. The molecule has 23 heavy (non-hydrogen) atoms. The van der Waals surface area contributed by atoms with E-state index in [0.717, 1.165) is 17.8 Å². The maximum Gasteiger partial charge on any atom is 0.252 e. The minimum atomic E-state index is -3.48. The molecule has 0 aliphatic carbocycles. The number of carbonyl (C=O) groups excluding carboxylic acids is 1. The van der Waals surface area contributed by atoms with Crippen LogP contribution in [0.4, 0.5) is 0 Å². The Balaban J connectivity index is 1.87. The van der Waals surface area contributed by atoms with Crippen LogP contribution in [-0.2, 0) is 14.8 Å². The molecule has 1 aliphatic rings. The molecule has 8 heteroatoms. The first kappa shape index (κ1) is 18.7. The topological polar surface area (TPSA) is 66.5 Å². The molecule has 1 aliphatic heterocycles. The lowest BCUT2D eigenvalue weighted by Gasteiger charge is -2.30. The molecule has 0 aromatic carbocycles. The summed E-state index contributed by atoms with van der Waals surface area (Å²) in [6.45, 7) is 5.67. The second-order valence-corrected chi connectivity index (χ2v) is 10.1. The number of halogens is 1. The van der Waals surface area contributed by atoms with E-state index in [1.165, 1.54) is 10.4 Å². The zero-order chi connectivity index (χ0) is 17.0. The van der Waals surface area contributed by atoms with Gasteiger partial charge in [0, 0.05) is 25.6 Å². The standard InChI is InChI=1S/C15H23ClN2O3S2/c1-11(2)5-8-17-15(19)12-6-9-18(10-7-12)23(20,21)14-4-3-13(16)22-14/h3-4,11-12H,5-10H2,1-2H3,(H,17,19). The van der Waals surface area contributed by atoms with Gasteiger partial charge in [0.15, 0.2) is 0 Å². The Morgan fingerprint density at radius 2 is 2.04 bits per heavy atom. The SMILES string of the molecule is CC(C)CCNC(=O)C1CCN(S(=O)(=O)c2ccc(Cl)s2)CC1. The molecule has 5 nitrogen and oxygen atoms in total. The maximum absolute atomic E-state index is 12.5. The average Bonchev–Trinajstić information content (AvgIpc) is 2.94. The predicted molar refractivity (Wildman–Crippen MR) is 93.3 cm³/mol. The molecular weight excluding hydrogens is 356 g/mol. The van der Waals surface area contributed by atoms with Crippen molar-refractivity contribution < 1.29 is 13.2 Å². The van der Waals surface area contributed by atoms with Crippen molar-refractivity contribution in [3.05, 3.63) is 16.5 Å². The molecule has 0 unspecified atom stereocenters. The number of carbonyl (C=O) groups is 1. The van der Waals surface area contributed by atoms with Gasteiger partial charge < -0.3 is 5.32 Å². The van der Waals surface area contributed by atoms with Gasteiger partial charge in [-0.15, -0.1) is 11.3 Å². The van der Waals surface area contributed by atoms with Crippen LogP contribution in [0.15, 0.2) is 16.3 Å². The molecule has 1 fully saturated rings. The van der Waals surface area contributed by atoms with Crippen LogP contribution < -0.4 is 5.32 Å². The number of hydrogen-bond donors (Lipinski definition) is 1. The fraction of sp³-hybridized carbons (Fsp3) is 0.667. The lowest BCUT2D eigenvalue weighted by Crippen LogP contribution is -2.43. The fourth-order valence-corrected chi connectivity index (χ4v) is 5.66. The Labute approximate surface area is 147 Å². The fourth-order valence-electron chi connectivity index (χ4n) is 2.55. The third-order valence-corrected chi connectivity index (χ3v) is 7.59. The molecule has 130 valence electrons. The van der Waals surface area contributed by atoms with Crippen molar-refractivity contribution in [2.45, 2.75) is 37.3 Å². The van der Waals surface area contributed by atoms with E-state index in [4.69, 9.17) is 11.6 Å². The van der Waals surface area contributed by atoms with Crippen molar-refractivity contribution in [3.8, 4) is 0 Å². The van der Waals surface area contributed by atoms with E-state index >= 15 is 0 Å².